The number of carbonyl (C=O) groups is 1. The van der Waals surface area contributed by atoms with Gasteiger partial charge in [0.05, 0.1) is 13.1 Å². The van der Waals surface area contributed by atoms with E-state index >= 15 is 0 Å². The summed E-state index contributed by atoms with van der Waals surface area (Å²) in [6.45, 7) is 4.24. The summed E-state index contributed by atoms with van der Waals surface area (Å²) < 4.78 is 3.87. The van der Waals surface area contributed by atoms with Crippen LogP contribution in [0.4, 0.5) is 4.79 Å². The molecule has 1 heterocycles. The lowest BCUT2D eigenvalue weighted by atomic mass is 10.4. The molecule has 4 heteroatoms. The molecule has 0 aliphatic carbocycles. The number of hydroxylamine groups is 3. The number of likely N-dealkylation sites (tertiary alicyclic amines) is 1. The zero-order chi connectivity index (χ0) is 9.03. The monoisotopic (exact) mass is 171 g/mol. The number of hydrogen-bond donors (Lipinski definition) is 0. The maximum atomic E-state index is 11.5. The summed E-state index contributed by atoms with van der Waals surface area (Å²) in [5.41, 5.74) is 0. The predicted molar refractivity (Wildman–Crippen MR) is 44.1 cm³/mol. The number of carbonyl (C=O) groups excluding carboxylic acids is 1. The number of amides is 1. The van der Waals surface area contributed by atoms with Gasteiger partial charge in [-0.15, -0.1) is 0 Å². The molecule has 0 saturated carbocycles. The molecule has 1 saturated heterocycles. The molecule has 0 N–H and O–H groups in total. The molecule has 4 nitrogen and oxygen atoms in total. The van der Waals surface area contributed by atoms with E-state index in [0.717, 1.165) is 12.8 Å². The van der Waals surface area contributed by atoms with Crippen LogP contribution in [0.25, 0.3) is 0 Å². The number of hydrogen-bond acceptors (Lipinski definition) is 3. The van der Waals surface area contributed by atoms with Crippen LogP contribution in [-0.2, 0) is 4.74 Å². The Morgan fingerprint density at radius 3 is 2.67 bits per heavy atom. The van der Waals surface area contributed by atoms with Crippen LogP contribution < -0.4 is 0 Å². The van der Waals surface area contributed by atoms with E-state index in [0.29, 0.717) is 13.1 Å². The fourth-order valence-electron chi connectivity index (χ4n) is 1.28. The van der Waals surface area contributed by atoms with E-state index in [9.17, 15) is 10.0 Å². The number of rotatable bonds is 2. The van der Waals surface area contributed by atoms with Crippen molar-refractivity contribution in [2.24, 2.45) is 0 Å². The molecule has 0 aromatic rings. The van der Waals surface area contributed by atoms with E-state index in [1.165, 1.54) is 6.08 Å². The highest BCUT2D eigenvalue weighted by atomic mass is 16.7. The van der Waals surface area contributed by atoms with Crippen LogP contribution in [0.3, 0.4) is 0 Å². The highest BCUT2D eigenvalue weighted by Crippen LogP contribution is 2.18. The molecule has 0 unspecified atom stereocenters. The highest BCUT2D eigenvalue weighted by Gasteiger charge is 2.32. The Hall–Kier alpha value is -0.870. The number of nitrogens with zero attached hydrogens (tertiary/aromatic N) is 1. The molecule has 0 bridgehead atoms. The molecular weight excluding hydrogens is 158 g/mol. The summed E-state index contributed by atoms with van der Waals surface area (Å²) in [5, 5.41) is 11.5. The van der Waals surface area contributed by atoms with Crippen molar-refractivity contribution in [3.8, 4) is 0 Å². The fraction of sp³-hybridized carbons (Fsp3) is 0.625. The molecule has 1 amide bonds. The average Bonchev–Trinajstić information content (AvgIpc) is 2.49. The van der Waals surface area contributed by atoms with Crippen molar-refractivity contribution < 1.29 is 14.2 Å². The number of ether oxygens (including phenoxy) is 1. The minimum absolute atomic E-state index is 0.126. The molecule has 0 spiro atoms. The Labute approximate surface area is 71.6 Å². The minimum atomic E-state index is -0.812. The second kappa shape index (κ2) is 3.69. The van der Waals surface area contributed by atoms with Gasteiger partial charge in [0.2, 0.25) is 0 Å². The lowest BCUT2D eigenvalue weighted by molar-refractivity contribution is -0.793. The Bertz CT molecular complexity index is 185. The minimum Gasteiger partial charge on any atom is -0.622 e. The van der Waals surface area contributed by atoms with Crippen LogP contribution in [0.5, 0.6) is 0 Å². The van der Waals surface area contributed by atoms with Crippen molar-refractivity contribution in [3.63, 3.8) is 0 Å². The summed E-state index contributed by atoms with van der Waals surface area (Å²) in [7, 11) is 0. The van der Waals surface area contributed by atoms with Crippen molar-refractivity contribution in [2.75, 3.05) is 19.7 Å². The van der Waals surface area contributed by atoms with Crippen LogP contribution >= 0.6 is 0 Å². The van der Waals surface area contributed by atoms with Crippen LogP contribution in [0, 0.1) is 5.21 Å². The fourth-order valence-corrected chi connectivity index (χ4v) is 1.28. The zero-order valence-corrected chi connectivity index (χ0v) is 6.99. The third-order valence-corrected chi connectivity index (χ3v) is 1.95. The molecule has 0 aromatic heterocycles. The Balaban J connectivity index is 2.44. The first-order valence-corrected chi connectivity index (χ1v) is 4.05. The van der Waals surface area contributed by atoms with Gasteiger partial charge in [0.15, 0.2) is 0 Å². The van der Waals surface area contributed by atoms with Gasteiger partial charge >= 0.3 is 6.09 Å². The number of quaternary nitrogens is 1. The Kier molecular flexibility index (Phi) is 2.83. The zero-order valence-electron chi connectivity index (χ0n) is 6.99. The van der Waals surface area contributed by atoms with Gasteiger partial charge < -0.3 is 9.94 Å². The van der Waals surface area contributed by atoms with Crippen LogP contribution in [0.1, 0.15) is 12.8 Å². The lowest BCUT2D eigenvalue weighted by Crippen LogP contribution is -2.45. The Morgan fingerprint density at radius 2 is 2.17 bits per heavy atom. The second-order valence-electron chi connectivity index (χ2n) is 2.91. The first-order chi connectivity index (χ1) is 5.69. The topological polar surface area (TPSA) is 49.4 Å². The quantitative estimate of drug-likeness (QED) is 0.358. The van der Waals surface area contributed by atoms with Crippen molar-refractivity contribution in [2.45, 2.75) is 12.8 Å². The van der Waals surface area contributed by atoms with Crippen molar-refractivity contribution in [3.05, 3.63) is 17.9 Å². The van der Waals surface area contributed by atoms with Gasteiger partial charge in [-0.2, -0.15) is 4.79 Å². The van der Waals surface area contributed by atoms with Crippen LogP contribution in [0.15, 0.2) is 12.7 Å². The smallest absolute Gasteiger partial charge is 0.516 e. The summed E-state index contributed by atoms with van der Waals surface area (Å²) in [6.07, 6.45) is 2.41. The standard InChI is InChI=1S/C8H13NO3/c1-2-7-12-8(10)9(11)5-3-4-6-9/h2H,1,3-7H2. The molecular formula is C8H13NO3. The lowest BCUT2D eigenvalue weighted by Gasteiger charge is -2.32. The van der Waals surface area contributed by atoms with Crippen molar-refractivity contribution in [1.82, 2.24) is 0 Å². The van der Waals surface area contributed by atoms with E-state index in [1.54, 1.807) is 0 Å². The summed E-state index contributed by atoms with van der Waals surface area (Å²) >= 11 is 0. The van der Waals surface area contributed by atoms with E-state index in [-0.39, 0.29) is 6.61 Å². The average molecular weight is 171 g/mol. The van der Waals surface area contributed by atoms with E-state index < -0.39 is 10.7 Å². The van der Waals surface area contributed by atoms with Crippen molar-refractivity contribution >= 4 is 6.09 Å². The van der Waals surface area contributed by atoms with Gasteiger partial charge in [-0.1, -0.05) is 12.7 Å². The maximum absolute atomic E-state index is 11.5. The summed E-state index contributed by atoms with van der Waals surface area (Å²) in [6, 6.07) is 0. The molecule has 0 atom stereocenters. The second-order valence-corrected chi connectivity index (χ2v) is 2.91. The van der Waals surface area contributed by atoms with E-state index in [2.05, 4.69) is 11.3 Å². The molecule has 68 valence electrons. The van der Waals surface area contributed by atoms with Crippen LogP contribution in [-0.4, -0.2) is 30.4 Å². The molecule has 1 fully saturated rings. The first-order valence-electron chi connectivity index (χ1n) is 4.05. The largest absolute Gasteiger partial charge is 0.622 e. The SMILES string of the molecule is C=CCOC(=O)[N+]1([O-])CCCC1. The molecule has 0 aromatic carbocycles. The first kappa shape index (κ1) is 9.22. The third-order valence-electron chi connectivity index (χ3n) is 1.95. The van der Waals surface area contributed by atoms with Gasteiger partial charge in [0.1, 0.15) is 6.61 Å². The van der Waals surface area contributed by atoms with Gasteiger partial charge in [0, 0.05) is 12.8 Å². The predicted octanol–water partition coefficient (Wildman–Crippen LogP) is 1.42. The van der Waals surface area contributed by atoms with Gasteiger partial charge in [-0.25, -0.2) is 0 Å². The molecule has 1 aliphatic rings. The molecule has 1 aliphatic heterocycles. The highest BCUT2D eigenvalue weighted by molar-refractivity contribution is 5.60. The van der Waals surface area contributed by atoms with Gasteiger partial charge in [-0.05, 0) is 0 Å². The van der Waals surface area contributed by atoms with Crippen molar-refractivity contribution in [1.29, 1.82) is 0 Å². The third kappa shape index (κ3) is 1.84. The molecule has 12 heavy (non-hydrogen) atoms. The summed E-state index contributed by atoms with van der Waals surface area (Å²) in [5.74, 6) is 0. The maximum Gasteiger partial charge on any atom is 0.516 e. The van der Waals surface area contributed by atoms with Gasteiger partial charge in [-0.3, -0.25) is 4.65 Å². The Morgan fingerprint density at radius 1 is 1.58 bits per heavy atom. The summed E-state index contributed by atoms with van der Waals surface area (Å²) in [4.78, 5) is 11.1. The van der Waals surface area contributed by atoms with E-state index in [1.807, 2.05) is 0 Å². The molecule has 1 rings (SSSR count). The van der Waals surface area contributed by atoms with Crippen LogP contribution in [0.2, 0.25) is 0 Å². The van der Waals surface area contributed by atoms with E-state index in [4.69, 9.17) is 0 Å². The van der Waals surface area contributed by atoms with Gasteiger partial charge in [0.25, 0.3) is 0 Å². The molecule has 0 radical (unpaired) electrons. The normalized spacial score (nSPS) is 20.4.